The Hall–Kier alpha value is -1.04. The standard InChI is InChI=1S/C9H13F3N2O/c1-3-15-7(2)8-13-4-5-14(8)6-9(10,11)12/h4-5,7H,3,6H2,1-2H3. The van der Waals surface area contributed by atoms with Crippen LogP contribution in [0.25, 0.3) is 0 Å². The smallest absolute Gasteiger partial charge is 0.371 e. The molecule has 0 amide bonds. The highest BCUT2D eigenvalue weighted by molar-refractivity contribution is 4.96. The predicted molar refractivity (Wildman–Crippen MR) is 48.3 cm³/mol. The minimum Gasteiger partial charge on any atom is -0.371 e. The first-order valence-electron chi connectivity index (χ1n) is 4.63. The Morgan fingerprint density at radius 3 is 2.73 bits per heavy atom. The van der Waals surface area contributed by atoms with Crippen LogP contribution in [0.2, 0.25) is 0 Å². The minimum atomic E-state index is -4.23. The van der Waals surface area contributed by atoms with Crippen LogP contribution in [0.5, 0.6) is 0 Å². The predicted octanol–water partition coefficient (Wildman–Crippen LogP) is 2.54. The second-order valence-electron chi connectivity index (χ2n) is 3.13. The summed E-state index contributed by atoms with van der Waals surface area (Å²) in [6, 6.07) is 0. The van der Waals surface area contributed by atoms with Gasteiger partial charge in [-0.2, -0.15) is 13.2 Å². The molecule has 1 aromatic rings. The average Bonchev–Trinajstić information content (AvgIpc) is 2.49. The maximum atomic E-state index is 12.2. The van der Waals surface area contributed by atoms with E-state index in [-0.39, 0.29) is 0 Å². The van der Waals surface area contributed by atoms with Crippen LogP contribution in [-0.2, 0) is 11.3 Å². The monoisotopic (exact) mass is 222 g/mol. The van der Waals surface area contributed by atoms with E-state index in [4.69, 9.17) is 4.74 Å². The summed E-state index contributed by atoms with van der Waals surface area (Å²) in [6.45, 7) is 2.88. The van der Waals surface area contributed by atoms with Crippen LogP contribution < -0.4 is 0 Å². The molecule has 0 aliphatic heterocycles. The Kier molecular flexibility index (Phi) is 3.73. The third-order valence-electron chi connectivity index (χ3n) is 1.88. The molecule has 0 spiro atoms. The molecule has 0 radical (unpaired) electrons. The zero-order valence-electron chi connectivity index (χ0n) is 8.58. The van der Waals surface area contributed by atoms with E-state index >= 15 is 0 Å². The van der Waals surface area contributed by atoms with Gasteiger partial charge in [0.25, 0.3) is 0 Å². The highest BCUT2D eigenvalue weighted by Gasteiger charge is 2.29. The number of nitrogens with zero attached hydrogens (tertiary/aromatic N) is 2. The summed E-state index contributed by atoms with van der Waals surface area (Å²) in [5.74, 6) is 0.300. The summed E-state index contributed by atoms with van der Waals surface area (Å²) < 4.78 is 42.7. The summed E-state index contributed by atoms with van der Waals surface area (Å²) in [4.78, 5) is 3.86. The molecule has 0 bridgehead atoms. The fraction of sp³-hybridized carbons (Fsp3) is 0.667. The lowest BCUT2D eigenvalue weighted by Gasteiger charge is -2.15. The lowest BCUT2D eigenvalue weighted by Crippen LogP contribution is -2.20. The van der Waals surface area contributed by atoms with Gasteiger partial charge in [-0.3, -0.25) is 0 Å². The second-order valence-corrected chi connectivity index (χ2v) is 3.13. The number of aromatic nitrogens is 2. The quantitative estimate of drug-likeness (QED) is 0.782. The van der Waals surface area contributed by atoms with E-state index in [2.05, 4.69) is 4.98 Å². The van der Waals surface area contributed by atoms with Crippen molar-refractivity contribution in [1.82, 2.24) is 9.55 Å². The first-order valence-corrected chi connectivity index (χ1v) is 4.63. The Morgan fingerprint density at radius 1 is 1.53 bits per heavy atom. The molecule has 1 atom stereocenters. The molecule has 1 heterocycles. The van der Waals surface area contributed by atoms with Crippen LogP contribution >= 0.6 is 0 Å². The third kappa shape index (κ3) is 3.54. The highest BCUT2D eigenvalue weighted by atomic mass is 19.4. The van der Waals surface area contributed by atoms with Crippen LogP contribution in [0.3, 0.4) is 0 Å². The molecule has 15 heavy (non-hydrogen) atoms. The maximum Gasteiger partial charge on any atom is 0.406 e. The summed E-state index contributed by atoms with van der Waals surface area (Å²) >= 11 is 0. The van der Waals surface area contributed by atoms with Crippen molar-refractivity contribution in [3.8, 4) is 0 Å². The Labute approximate surface area is 85.9 Å². The van der Waals surface area contributed by atoms with Gasteiger partial charge in [0.05, 0.1) is 0 Å². The summed E-state index contributed by atoms with van der Waals surface area (Å²) in [5, 5.41) is 0. The number of ether oxygens (including phenoxy) is 1. The van der Waals surface area contributed by atoms with Crippen molar-refractivity contribution in [3.05, 3.63) is 18.2 Å². The number of halogens is 3. The fourth-order valence-electron chi connectivity index (χ4n) is 1.33. The van der Waals surface area contributed by atoms with Crippen LogP contribution in [0, 0.1) is 0 Å². The Balaban J connectivity index is 2.77. The van der Waals surface area contributed by atoms with Crippen molar-refractivity contribution in [3.63, 3.8) is 0 Å². The number of hydrogen-bond donors (Lipinski definition) is 0. The van der Waals surface area contributed by atoms with Crippen LogP contribution in [0.4, 0.5) is 13.2 Å². The van der Waals surface area contributed by atoms with Gasteiger partial charge in [0.2, 0.25) is 0 Å². The van der Waals surface area contributed by atoms with E-state index in [0.29, 0.717) is 12.4 Å². The van der Waals surface area contributed by atoms with Gasteiger partial charge >= 0.3 is 6.18 Å². The molecule has 0 fully saturated rings. The lowest BCUT2D eigenvalue weighted by atomic mass is 10.3. The van der Waals surface area contributed by atoms with Gasteiger partial charge < -0.3 is 9.30 Å². The molecule has 1 aromatic heterocycles. The van der Waals surface area contributed by atoms with Crippen molar-refractivity contribution >= 4 is 0 Å². The average molecular weight is 222 g/mol. The number of imidazole rings is 1. The zero-order valence-corrected chi connectivity index (χ0v) is 8.58. The topological polar surface area (TPSA) is 27.1 Å². The third-order valence-corrected chi connectivity index (χ3v) is 1.88. The van der Waals surface area contributed by atoms with Gasteiger partial charge in [0.15, 0.2) is 0 Å². The molecule has 1 rings (SSSR count). The first-order chi connectivity index (χ1) is 6.94. The molecular formula is C9H13F3N2O. The lowest BCUT2D eigenvalue weighted by molar-refractivity contribution is -0.141. The van der Waals surface area contributed by atoms with Crippen molar-refractivity contribution in [2.75, 3.05) is 6.61 Å². The molecule has 1 unspecified atom stereocenters. The van der Waals surface area contributed by atoms with E-state index in [0.717, 1.165) is 4.57 Å². The summed E-state index contributed by atoms with van der Waals surface area (Å²) in [7, 11) is 0. The SMILES string of the molecule is CCOC(C)c1nccn1CC(F)(F)F. The van der Waals surface area contributed by atoms with E-state index in [1.54, 1.807) is 13.8 Å². The second kappa shape index (κ2) is 4.65. The van der Waals surface area contributed by atoms with Crippen molar-refractivity contribution in [2.45, 2.75) is 32.7 Å². The number of rotatable bonds is 4. The number of alkyl halides is 3. The molecule has 0 aromatic carbocycles. The van der Waals surface area contributed by atoms with Crippen LogP contribution in [-0.4, -0.2) is 22.3 Å². The first kappa shape index (κ1) is 12.0. The summed E-state index contributed by atoms with van der Waals surface area (Å²) in [5.41, 5.74) is 0. The molecule has 3 nitrogen and oxygen atoms in total. The molecular weight excluding hydrogens is 209 g/mol. The minimum absolute atomic E-state index is 0.300. The Bertz CT molecular complexity index is 309. The molecule has 6 heteroatoms. The van der Waals surface area contributed by atoms with E-state index in [1.807, 2.05) is 0 Å². The zero-order chi connectivity index (χ0) is 11.5. The largest absolute Gasteiger partial charge is 0.406 e. The van der Waals surface area contributed by atoms with Crippen molar-refractivity contribution in [2.24, 2.45) is 0 Å². The Morgan fingerprint density at radius 2 is 2.20 bits per heavy atom. The molecule has 0 aliphatic rings. The molecule has 0 N–H and O–H groups in total. The molecule has 0 saturated carbocycles. The number of hydrogen-bond acceptors (Lipinski definition) is 2. The van der Waals surface area contributed by atoms with Gasteiger partial charge in [-0.25, -0.2) is 4.98 Å². The fourth-order valence-corrected chi connectivity index (χ4v) is 1.33. The maximum absolute atomic E-state index is 12.2. The van der Waals surface area contributed by atoms with Gasteiger partial charge in [-0.15, -0.1) is 0 Å². The summed E-state index contributed by atoms with van der Waals surface area (Å²) in [6.07, 6.45) is -2.01. The normalized spacial score (nSPS) is 14.2. The van der Waals surface area contributed by atoms with Crippen molar-refractivity contribution in [1.29, 1.82) is 0 Å². The van der Waals surface area contributed by atoms with E-state index < -0.39 is 18.8 Å². The van der Waals surface area contributed by atoms with E-state index in [9.17, 15) is 13.2 Å². The van der Waals surface area contributed by atoms with Crippen LogP contribution in [0.15, 0.2) is 12.4 Å². The van der Waals surface area contributed by atoms with Crippen molar-refractivity contribution < 1.29 is 17.9 Å². The molecule has 0 aliphatic carbocycles. The van der Waals surface area contributed by atoms with Gasteiger partial charge in [0.1, 0.15) is 18.5 Å². The van der Waals surface area contributed by atoms with Crippen LogP contribution in [0.1, 0.15) is 25.8 Å². The van der Waals surface area contributed by atoms with Gasteiger partial charge in [-0.1, -0.05) is 0 Å². The highest BCUT2D eigenvalue weighted by Crippen LogP contribution is 2.21. The molecule has 0 saturated heterocycles. The van der Waals surface area contributed by atoms with E-state index in [1.165, 1.54) is 12.4 Å². The van der Waals surface area contributed by atoms with Gasteiger partial charge in [0, 0.05) is 19.0 Å². The van der Waals surface area contributed by atoms with Gasteiger partial charge in [-0.05, 0) is 13.8 Å². The molecule has 86 valence electrons.